The minimum atomic E-state index is -3.66. The van der Waals surface area contributed by atoms with Gasteiger partial charge in [0.15, 0.2) is 0 Å². The maximum atomic E-state index is 11.4. The number of carboxylic acid groups (broad SMARTS) is 1. The highest BCUT2D eigenvalue weighted by molar-refractivity contribution is 7.89. The summed E-state index contributed by atoms with van der Waals surface area (Å²) in [5.74, 6) is -1.56. The Morgan fingerprint density at radius 3 is 2.88 bits per heavy atom. The molecule has 0 fully saturated rings. The van der Waals surface area contributed by atoms with E-state index >= 15 is 0 Å². The van der Waals surface area contributed by atoms with Crippen LogP contribution in [0.2, 0.25) is 0 Å². The van der Waals surface area contributed by atoms with E-state index in [-0.39, 0.29) is 12.2 Å². The molecule has 1 rings (SSSR count). The van der Waals surface area contributed by atoms with E-state index < -0.39 is 22.0 Å². The Labute approximate surface area is 98.6 Å². The molecule has 1 heterocycles. The van der Waals surface area contributed by atoms with Crippen molar-refractivity contribution in [2.24, 2.45) is 0 Å². The highest BCUT2D eigenvalue weighted by Crippen LogP contribution is 2.01. The van der Waals surface area contributed by atoms with Gasteiger partial charge in [0, 0.05) is 18.3 Å². The van der Waals surface area contributed by atoms with Gasteiger partial charge in [-0.15, -0.1) is 6.58 Å². The van der Waals surface area contributed by atoms with Gasteiger partial charge in [-0.2, -0.15) is 0 Å². The molecule has 1 aromatic rings. The minimum Gasteiger partial charge on any atom is -0.480 e. The van der Waals surface area contributed by atoms with Crippen LogP contribution in [-0.2, 0) is 21.2 Å². The first kappa shape index (κ1) is 13.4. The smallest absolute Gasteiger partial charge is 0.322 e. The summed E-state index contributed by atoms with van der Waals surface area (Å²) in [5, 5.41) is 8.92. The van der Waals surface area contributed by atoms with E-state index in [1.165, 1.54) is 18.6 Å². The first-order valence-electron chi connectivity index (χ1n) is 4.75. The van der Waals surface area contributed by atoms with Crippen molar-refractivity contribution in [1.29, 1.82) is 0 Å². The SMILES string of the molecule is C=CCS(=O)(=O)NC(Cc1cnc[nH]1)C(=O)O. The van der Waals surface area contributed by atoms with E-state index in [1.54, 1.807) is 0 Å². The Hall–Kier alpha value is -1.67. The van der Waals surface area contributed by atoms with E-state index in [9.17, 15) is 13.2 Å². The summed E-state index contributed by atoms with van der Waals surface area (Å²) in [7, 11) is -3.66. The summed E-state index contributed by atoms with van der Waals surface area (Å²) in [6.07, 6.45) is 4.04. The maximum Gasteiger partial charge on any atom is 0.322 e. The largest absolute Gasteiger partial charge is 0.480 e. The van der Waals surface area contributed by atoms with Gasteiger partial charge in [-0.3, -0.25) is 4.79 Å². The number of nitrogens with one attached hydrogen (secondary N) is 2. The fourth-order valence-electron chi connectivity index (χ4n) is 1.22. The molecule has 3 N–H and O–H groups in total. The van der Waals surface area contributed by atoms with Crippen LogP contribution in [0.1, 0.15) is 5.69 Å². The molecule has 1 aromatic heterocycles. The van der Waals surface area contributed by atoms with Crippen LogP contribution in [0.15, 0.2) is 25.2 Å². The zero-order chi connectivity index (χ0) is 12.9. The van der Waals surface area contributed by atoms with E-state index in [4.69, 9.17) is 5.11 Å². The van der Waals surface area contributed by atoms with Crippen LogP contribution < -0.4 is 4.72 Å². The third-order valence-corrected chi connectivity index (χ3v) is 3.25. The summed E-state index contributed by atoms with van der Waals surface area (Å²) < 4.78 is 24.9. The number of rotatable bonds is 7. The van der Waals surface area contributed by atoms with Crippen molar-refractivity contribution in [2.75, 3.05) is 5.75 Å². The highest BCUT2D eigenvalue weighted by Gasteiger charge is 2.23. The summed E-state index contributed by atoms with van der Waals surface area (Å²) in [4.78, 5) is 17.4. The first-order chi connectivity index (χ1) is 7.94. The van der Waals surface area contributed by atoms with Crippen molar-refractivity contribution in [1.82, 2.24) is 14.7 Å². The lowest BCUT2D eigenvalue weighted by Gasteiger charge is -2.12. The van der Waals surface area contributed by atoms with Crippen LogP contribution in [0.25, 0.3) is 0 Å². The Morgan fingerprint density at radius 1 is 1.71 bits per heavy atom. The second-order valence-electron chi connectivity index (χ2n) is 3.36. The van der Waals surface area contributed by atoms with Crippen LogP contribution in [-0.4, -0.2) is 41.3 Å². The van der Waals surface area contributed by atoms with Crippen molar-refractivity contribution < 1.29 is 18.3 Å². The van der Waals surface area contributed by atoms with Gasteiger partial charge < -0.3 is 10.1 Å². The lowest BCUT2D eigenvalue weighted by molar-refractivity contribution is -0.138. The molecule has 0 aliphatic carbocycles. The van der Waals surface area contributed by atoms with Crippen molar-refractivity contribution in [3.05, 3.63) is 30.9 Å². The number of hydrogen-bond donors (Lipinski definition) is 3. The molecule has 1 atom stereocenters. The quantitative estimate of drug-likeness (QED) is 0.572. The Bertz CT molecular complexity index is 480. The molecule has 0 saturated heterocycles. The van der Waals surface area contributed by atoms with Gasteiger partial charge in [0.2, 0.25) is 10.0 Å². The van der Waals surface area contributed by atoms with Crippen LogP contribution in [0.3, 0.4) is 0 Å². The van der Waals surface area contributed by atoms with Crippen molar-refractivity contribution >= 4 is 16.0 Å². The summed E-state index contributed by atoms with van der Waals surface area (Å²) in [6, 6.07) is -1.22. The summed E-state index contributed by atoms with van der Waals surface area (Å²) in [5.41, 5.74) is 0.540. The topological polar surface area (TPSA) is 112 Å². The standard InChI is InChI=1S/C9H13N3O4S/c1-2-3-17(15,16)12-8(9(13)14)4-7-5-10-6-11-7/h2,5-6,8,12H,1,3-4H2,(H,10,11)(H,13,14). The number of aromatic nitrogens is 2. The zero-order valence-corrected chi connectivity index (χ0v) is 9.77. The molecule has 1 unspecified atom stereocenters. The Balaban J connectivity index is 2.74. The number of carboxylic acids is 1. The van der Waals surface area contributed by atoms with Gasteiger partial charge in [-0.05, 0) is 0 Å². The molecule has 17 heavy (non-hydrogen) atoms. The normalized spacial score (nSPS) is 13.2. The van der Waals surface area contributed by atoms with Gasteiger partial charge in [-0.25, -0.2) is 18.1 Å². The molecule has 0 spiro atoms. The monoisotopic (exact) mass is 259 g/mol. The summed E-state index contributed by atoms with van der Waals surface area (Å²) >= 11 is 0. The van der Waals surface area contributed by atoms with Crippen molar-refractivity contribution in [3.63, 3.8) is 0 Å². The number of nitrogens with zero attached hydrogens (tertiary/aromatic N) is 1. The number of imidazole rings is 1. The minimum absolute atomic E-state index is 0.00566. The molecule has 0 aromatic carbocycles. The van der Waals surface area contributed by atoms with Gasteiger partial charge in [0.05, 0.1) is 12.1 Å². The van der Waals surface area contributed by atoms with E-state index in [0.717, 1.165) is 0 Å². The maximum absolute atomic E-state index is 11.4. The molecule has 0 aliphatic heterocycles. The van der Waals surface area contributed by atoms with E-state index in [1.807, 2.05) is 0 Å². The molecule has 8 heteroatoms. The number of hydrogen-bond acceptors (Lipinski definition) is 4. The zero-order valence-electron chi connectivity index (χ0n) is 8.96. The molecule has 0 aliphatic rings. The number of carbonyl (C=O) groups is 1. The third-order valence-electron chi connectivity index (χ3n) is 1.94. The molecular weight excluding hydrogens is 246 g/mol. The molecule has 94 valence electrons. The van der Waals surface area contributed by atoms with E-state index in [2.05, 4.69) is 21.3 Å². The molecule has 0 saturated carbocycles. The summed E-state index contributed by atoms with van der Waals surface area (Å²) in [6.45, 7) is 3.29. The first-order valence-corrected chi connectivity index (χ1v) is 6.41. The fraction of sp³-hybridized carbons (Fsp3) is 0.333. The molecule has 0 radical (unpaired) electrons. The van der Waals surface area contributed by atoms with Gasteiger partial charge in [-0.1, -0.05) is 6.08 Å². The Kier molecular flexibility index (Phi) is 4.41. The van der Waals surface area contributed by atoms with Gasteiger partial charge >= 0.3 is 5.97 Å². The van der Waals surface area contributed by atoms with Crippen LogP contribution in [0.5, 0.6) is 0 Å². The molecule has 7 nitrogen and oxygen atoms in total. The second-order valence-corrected chi connectivity index (χ2v) is 5.16. The number of H-pyrrole nitrogens is 1. The predicted molar refractivity (Wildman–Crippen MR) is 60.8 cm³/mol. The van der Waals surface area contributed by atoms with Crippen molar-refractivity contribution in [2.45, 2.75) is 12.5 Å². The third kappa shape index (κ3) is 4.37. The lowest BCUT2D eigenvalue weighted by atomic mass is 10.2. The number of sulfonamides is 1. The van der Waals surface area contributed by atoms with E-state index in [0.29, 0.717) is 5.69 Å². The molecule has 0 bridgehead atoms. The van der Waals surface area contributed by atoms with Crippen LogP contribution >= 0.6 is 0 Å². The molecular formula is C9H13N3O4S. The number of aromatic amines is 1. The average molecular weight is 259 g/mol. The van der Waals surface area contributed by atoms with Gasteiger partial charge in [0.1, 0.15) is 6.04 Å². The van der Waals surface area contributed by atoms with Crippen LogP contribution in [0.4, 0.5) is 0 Å². The lowest BCUT2D eigenvalue weighted by Crippen LogP contribution is -2.43. The second kappa shape index (κ2) is 5.60. The fourth-order valence-corrected chi connectivity index (χ4v) is 2.24. The van der Waals surface area contributed by atoms with Crippen molar-refractivity contribution in [3.8, 4) is 0 Å². The average Bonchev–Trinajstić information content (AvgIpc) is 2.68. The van der Waals surface area contributed by atoms with Crippen LogP contribution in [0, 0.1) is 0 Å². The predicted octanol–water partition coefficient (Wildman–Crippen LogP) is -0.489. The number of aliphatic carboxylic acids is 1. The molecule has 0 amide bonds. The highest BCUT2D eigenvalue weighted by atomic mass is 32.2. The van der Waals surface area contributed by atoms with Gasteiger partial charge in [0.25, 0.3) is 0 Å². The Morgan fingerprint density at radius 2 is 2.41 bits per heavy atom.